The molecule has 0 bridgehead atoms. The van der Waals surface area contributed by atoms with Crippen LogP contribution in [0.25, 0.3) is 11.0 Å². The lowest BCUT2D eigenvalue weighted by Gasteiger charge is -2.31. The van der Waals surface area contributed by atoms with Gasteiger partial charge in [0.25, 0.3) is 0 Å². The van der Waals surface area contributed by atoms with Crippen LogP contribution in [0.3, 0.4) is 0 Å². The van der Waals surface area contributed by atoms with Crippen molar-refractivity contribution in [3.8, 4) is 0 Å². The number of quaternary nitrogens is 1. The predicted octanol–water partition coefficient (Wildman–Crippen LogP) is 2.15. The molecule has 8 heteroatoms. The molecule has 30 heavy (non-hydrogen) atoms. The average molecular weight is 448 g/mol. The second-order valence-electron chi connectivity index (χ2n) is 7.83. The maximum absolute atomic E-state index is 12.9. The van der Waals surface area contributed by atoms with Crippen LogP contribution in [0.2, 0.25) is 5.02 Å². The third-order valence-electron chi connectivity index (χ3n) is 5.64. The van der Waals surface area contributed by atoms with Gasteiger partial charge in [0.2, 0.25) is 10.0 Å². The van der Waals surface area contributed by atoms with Crippen LogP contribution in [0.5, 0.6) is 0 Å². The number of nitrogens with zero attached hydrogens (tertiary/aromatic N) is 1. The molecule has 0 amide bonds. The summed E-state index contributed by atoms with van der Waals surface area (Å²) in [7, 11) is -3.49. The number of benzene rings is 2. The second-order valence-corrected chi connectivity index (χ2v) is 10.2. The maximum Gasteiger partial charge on any atom is 0.336 e. The van der Waals surface area contributed by atoms with E-state index < -0.39 is 10.0 Å². The molecule has 0 unspecified atom stereocenters. The first kappa shape index (κ1) is 21.1. The van der Waals surface area contributed by atoms with Gasteiger partial charge in [-0.2, -0.15) is 4.31 Å². The van der Waals surface area contributed by atoms with Crippen molar-refractivity contribution in [3.63, 3.8) is 0 Å². The van der Waals surface area contributed by atoms with Crippen LogP contribution in [-0.4, -0.2) is 38.9 Å². The van der Waals surface area contributed by atoms with Gasteiger partial charge < -0.3 is 9.32 Å². The largest absolute Gasteiger partial charge is 0.423 e. The van der Waals surface area contributed by atoms with E-state index >= 15 is 0 Å². The monoisotopic (exact) mass is 447 g/mol. The molecule has 0 aliphatic carbocycles. The zero-order valence-electron chi connectivity index (χ0n) is 16.9. The number of nitrogens with one attached hydrogen (secondary N) is 1. The van der Waals surface area contributed by atoms with E-state index in [1.165, 1.54) is 11.0 Å². The van der Waals surface area contributed by atoms with Crippen molar-refractivity contribution in [2.24, 2.45) is 0 Å². The van der Waals surface area contributed by atoms with Crippen LogP contribution in [0.4, 0.5) is 0 Å². The van der Waals surface area contributed by atoms with Gasteiger partial charge >= 0.3 is 5.63 Å². The minimum Gasteiger partial charge on any atom is -0.423 e. The van der Waals surface area contributed by atoms with E-state index in [1.54, 1.807) is 22.5 Å². The van der Waals surface area contributed by atoms with E-state index in [0.29, 0.717) is 48.2 Å². The number of sulfonamides is 1. The molecule has 1 aliphatic heterocycles. The zero-order chi connectivity index (χ0) is 21.5. The van der Waals surface area contributed by atoms with E-state index in [-0.39, 0.29) is 5.63 Å². The Morgan fingerprint density at radius 3 is 2.40 bits per heavy atom. The summed E-state index contributed by atoms with van der Waals surface area (Å²) in [6, 6.07) is 12.1. The van der Waals surface area contributed by atoms with Crippen molar-refractivity contribution in [2.45, 2.75) is 25.3 Å². The highest BCUT2D eigenvalue weighted by Crippen LogP contribution is 2.25. The van der Waals surface area contributed by atoms with Gasteiger partial charge in [0.15, 0.2) is 0 Å². The molecule has 1 aromatic heterocycles. The number of aryl methyl sites for hydroxylation is 2. The van der Waals surface area contributed by atoms with Crippen molar-refractivity contribution in [1.82, 2.24) is 4.31 Å². The van der Waals surface area contributed by atoms with Gasteiger partial charge in [-0.05, 0) is 43.7 Å². The number of hydrogen-bond acceptors (Lipinski definition) is 4. The van der Waals surface area contributed by atoms with E-state index in [9.17, 15) is 13.2 Å². The molecule has 2 heterocycles. The first-order chi connectivity index (χ1) is 14.2. The second kappa shape index (κ2) is 8.15. The Kier molecular flexibility index (Phi) is 5.72. The quantitative estimate of drug-likeness (QED) is 0.622. The molecule has 158 valence electrons. The molecule has 1 fully saturated rings. The highest BCUT2D eigenvalue weighted by atomic mass is 35.5. The highest BCUT2D eigenvalue weighted by molar-refractivity contribution is 7.89. The lowest BCUT2D eigenvalue weighted by molar-refractivity contribution is -0.917. The van der Waals surface area contributed by atoms with Crippen LogP contribution in [0.15, 0.2) is 56.6 Å². The first-order valence-corrected chi connectivity index (χ1v) is 11.7. The van der Waals surface area contributed by atoms with Crippen molar-refractivity contribution in [2.75, 3.05) is 26.2 Å². The van der Waals surface area contributed by atoms with E-state index in [0.717, 1.165) is 22.1 Å². The van der Waals surface area contributed by atoms with Crippen molar-refractivity contribution < 1.29 is 17.7 Å². The summed E-state index contributed by atoms with van der Waals surface area (Å²) in [6.45, 7) is 6.60. The smallest absolute Gasteiger partial charge is 0.336 e. The Hall–Kier alpha value is -2.19. The molecule has 0 atom stereocenters. The Bertz CT molecular complexity index is 1240. The maximum atomic E-state index is 12.9. The van der Waals surface area contributed by atoms with Crippen LogP contribution in [0, 0.1) is 13.8 Å². The molecular weight excluding hydrogens is 424 g/mol. The summed E-state index contributed by atoms with van der Waals surface area (Å²) in [4.78, 5) is 13.6. The minimum atomic E-state index is -3.49. The van der Waals surface area contributed by atoms with Gasteiger partial charge in [-0.3, -0.25) is 0 Å². The summed E-state index contributed by atoms with van der Waals surface area (Å²) in [5.41, 5.74) is 2.89. The average Bonchev–Trinajstić information content (AvgIpc) is 2.70. The molecule has 6 nitrogen and oxygen atoms in total. The summed E-state index contributed by atoms with van der Waals surface area (Å²) in [5.74, 6) is 0. The summed E-state index contributed by atoms with van der Waals surface area (Å²) >= 11 is 6.28. The predicted molar refractivity (Wildman–Crippen MR) is 117 cm³/mol. The number of halogens is 1. The minimum absolute atomic E-state index is 0.327. The summed E-state index contributed by atoms with van der Waals surface area (Å²) in [6.07, 6.45) is 0. The molecule has 2 aromatic carbocycles. The zero-order valence-corrected chi connectivity index (χ0v) is 18.5. The fourth-order valence-corrected chi connectivity index (χ4v) is 5.45. The molecule has 0 spiro atoms. The molecule has 1 N–H and O–H groups in total. The normalized spacial score (nSPS) is 16.2. The SMILES string of the molecule is Cc1ccc(S(=O)(=O)N2CC[NH+](Cc3cc(=O)oc4cc(C)c(Cl)cc34)CC2)cc1. The molecule has 0 radical (unpaired) electrons. The third-order valence-corrected chi connectivity index (χ3v) is 7.96. The van der Waals surface area contributed by atoms with Crippen LogP contribution in [-0.2, 0) is 16.6 Å². The van der Waals surface area contributed by atoms with Crippen molar-refractivity contribution >= 4 is 32.6 Å². The fourth-order valence-electron chi connectivity index (χ4n) is 3.84. The first-order valence-electron chi connectivity index (χ1n) is 9.87. The van der Waals surface area contributed by atoms with Crippen molar-refractivity contribution in [3.05, 3.63) is 74.6 Å². The Balaban J connectivity index is 1.51. The van der Waals surface area contributed by atoms with Gasteiger partial charge in [-0.25, -0.2) is 13.2 Å². The van der Waals surface area contributed by atoms with Gasteiger partial charge in [0, 0.05) is 22.0 Å². The van der Waals surface area contributed by atoms with Gasteiger partial charge in [0.05, 0.1) is 31.1 Å². The van der Waals surface area contributed by atoms with Gasteiger partial charge in [0.1, 0.15) is 12.1 Å². The van der Waals surface area contributed by atoms with Crippen LogP contribution >= 0.6 is 11.6 Å². The highest BCUT2D eigenvalue weighted by Gasteiger charge is 2.30. The number of piperazine rings is 1. The van der Waals surface area contributed by atoms with Crippen molar-refractivity contribution in [1.29, 1.82) is 0 Å². The number of hydrogen-bond donors (Lipinski definition) is 1. The van der Waals surface area contributed by atoms with Crippen LogP contribution in [0.1, 0.15) is 16.7 Å². The third kappa shape index (κ3) is 4.16. The lowest BCUT2D eigenvalue weighted by atomic mass is 10.1. The van der Waals surface area contributed by atoms with Crippen LogP contribution < -0.4 is 10.5 Å². The van der Waals surface area contributed by atoms with E-state index in [1.807, 2.05) is 32.0 Å². The van der Waals surface area contributed by atoms with E-state index in [4.69, 9.17) is 16.0 Å². The Labute approximate surface area is 180 Å². The molecule has 1 saturated heterocycles. The van der Waals surface area contributed by atoms with E-state index in [2.05, 4.69) is 0 Å². The number of fused-ring (bicyclic) bond motifs is 1. The summed E-state index contributed by atoms with van der Waals surface area (Å²) < 4.78 is 32.7. The van der Waals surface area contributed by atoms with Gasteiger partial charge in [-0.1, -0.05) is 29.3 Å². The number of rotatable bonds is 4. The molecule has 1 aliphatic rings. The standard InChI is InChI=1S/C22H23ClN2O4S/c1-15-3-5-18(6-4-15)30(27,28)25-9-7-24(8-10-25)14-17-12-22(26)29-21-11-16(2)20(23)13-19(17)21/h3-6,11-13H,7-10,14H2,1-2H3/p+1. The molecule has 4 rings (SSSR count). The Morgan fingerprint density at radius 2 is 1.73 bits per heavy atom. The topological polar surface area (TPSA) is 72.0 Å². The fraction of sp³-hybridized carbons (Fsp3) is 0.318. The molecule has 0 saturated carbocycles. The lowest BCUT2D eigenvalue weighted by Crippen LogP contribution is -3.13. The Morgan fingerprint density at radius 1 is 1.07 bits per heavy atom. The molecular formula is C22H24ClN2O4S+. The summed E-state index contributed by atoms with van der Waals surface area (Å²) in [5, 5.41) is 1.45. The van der Waals surface area contributed by atoms with Gasteiger partial charge in [-0.15, -0.1) is 0 Å². The molecule has 3 aromatic rings.